The third kappa shape index (κ3) is 4.03. The number of carbonyl (C=O) groups is 1. The summed E-state index contributed by atoms with van der Waals surface area (Å²) >= 11 is 1.44. The van der Waals surface area contributed by atoms with E-state index in [9.17, 15) is 9.90 Å². The highest BCUT2D eigenvalue weighted by atomic mass is 32.1. The quantitative estimate of drug-likeness (QED) is 0.436. The smallest absolute Gasteiger partial charge is 0.258 e. The molecule has 2 atom stereocenters. The van der Waals surface area contributed by atoms with Gasteiger partial charge in [-0.05, 0) is 36.8 Å². The first-order valence-corrected chi connectivity index (χ1v) is 11.7. The first-order valence-electron chi connectivity index (χ1n) is 10.8. The zero-order valence-corrected chi connectivity index (χ0v) is 19.8. The van der Waals surface area contributed by atoms with Crippen molar-refractivity contribution in [2.75, 3.05) is 18.9 Å². The highest BCUT2D eigenvalue weighted by Crippen LogP contribution is 2.35. The number of carbonyl (C=O) groups excluding carboxylic acids is 1. The van der Waals surface area contributed by atoms with Crippen LogP contribution in [0.2, 0.25) is 0 Å². The molecule has 11 heteroatoms. The van der Waals surface area contributed by atoms with Crippen LogP contribution in [0.15, 0.2) is 48.2 Å². The molecule has 0 spiro atoms. The zero-order valence-electron chi connectivity index (χ0n) is 19.0. The third-order valence-corrected chi connectivity index (χ3v) is 6.78. The van der Waals surface area contributed by atoms with Crippen LogP contribution in [0.25, 0.3) is 22.1 Å². The molecule has 1 aliphatic heterocycles. The number of anilines is 1. The Balaban J connectivity index is 1.38. The minimum atomic E-state index is -1.52. The van der Waals surface area contributed by atoms with Crippen LogP contribution in [-0.4, -0.2) is 59.2 Å². The summed E-state index contributed by atoms with van der Waals surface area (Å²) in [7, 11) is 3.57. The lowest BCUT2D eigenvalue weighted by atomic mass is 9.92. The van der Waals surface area contributed by atoms with Gasteiger partial charge in [-0.15, -0.1) is 11.3 Å². The van der Waals surface area contributed by atoms with Gasteiger partial charge in [0.1, 0.15) is 16.4 Å². The van der Waals surface area contributed by atoms with Crippen molar-refractivity contribution in [3.8, 4) is 22.1 Å². The van der Waals surface area contributed by atoms with Crippen LogP contribution in [-0.2, 0) is 17.4 Å². The molecule has 1 amide bonds. The lowest BCUT2D eigenvalue weighted by Crippen LogP contribution is -2.36. The number of likely N-dealkylation sites (N-methyl/N-ethyl adjacent to an activating group) is 1. The van der Waals surface area contributed by atoms with Gasteiger partial charge in [-0.1, -0.05) is 0 Å². The topological polar surface area (TPSA) is 122 Å². The molecule has 10 nitrogen and oxygen atoms in total. The number of likely N-dealkylation sites (tertiary alicyclic amines) is 1. The molecule has 1 aliphatic rings. The molecule has 1 fully saturated rings. The van der Waals surface area contributed by atoms with Gasteiger partial charge in [-0.3, -0.25) is 14.5 Å². The third-order valence-electron chi connectivity index (χ3n) is 5.91. The van der Waals surface area contributed by atoms with Crippen molar-refractivity contribution in [1.82, 2.24) is 34.6 Å². The molecule has 5 rings (SSSR count). The maximum atomic E-state index is 12.5. The number of hydrogen-bond donors (Lipinski definition) is 2. The second-order valence-corrected chi connectivity index (χ2v) is 9.21. The Morgan fingerprint density at radius 2 is 1.94 bits per heavy atom. The SMILES string of the molecule is C[C@H](Nc1nccc(-c2nc(-c3cc([C@@]4(O)CCN(C)C4=O)ccn3)cs2)n1)c1ccn(C)n1. The molecule has 0 bridgehead atoms. The van der Waals surface area contributed by atoms with Gasteiger partial charge < -0.3 is 15.3 Å². The molecule has 4 aromatic rings. The first-order chi connectivity index (χ1) is 16.3. The fourth-order valence-corrected chi connectivity index (χ4v) is 4.72. The normalized spacial score (nSPS) is 18.9. The van der Waals surface area contributed by atoms with Crippen LogP contribution in [0.5, 0.6) is 0 Å². The predicted octanol–water partition coefficient (Wildman–Crippen LogP) is 2.62. The number of aryl methyl sites for hydroxylation is 1. The fraction of sp³-hybridized carbons (Fsp3) is 0.304. The lowest BCUT2D eigenvalue weighted by Gasteiger charge is -2.21. The van der Waals surface area contributed by atoms with Gasteiger partial charge in [0.15, 0.2) is 5.60 Å². The van der Waals surface area contributed by atoms with Crippen LogP contribution in [0.1, 0.15) is 30.6 Å². The predicted molar refractivity (Wildman–Crippen MR) is 128 cm³/mol. The average Bonchev–Trinajstić information content (AvgIpc) is 3.57. The van der Waals surface area contributed by atoms with Crippen molar-refractivity contribution in [2.45, 2.75) is 25.0 Å². The number of nitrogens with zero attached hydrogens (tertiary/aromatic N) is 7. The van der Waals surface area contributed by atoms with Crippen LogP contribution in [0, 0.1) is 0 Å². The Kier molecular flexibility index (Phi) is 5.58. The molecule has 0 aromatic carbocycles. The summed E-state index contributed by atoms with van der Waals surface area (Å²) < 4.78 is 1.75. The minimum absolute atomic E-state index is 0.0570. The van der Waals surface area contributed by atoms with Gasteiger partial charge in [-0.2, -0.15) is 5.10 Å². The fourth-order valence-electron chi connectivity index (χ4n) is 3.94. The average molecular weight is 477 g/mol. The zero-order chi connectivity index (χ0) is 23.9. The van der Waals surface area contributed by atoms with Gasteiger partial charge >= 0.3 is 0 Å². The maximum absolute atomic E-state index is 12.5. The van der Waals surface area contributed by atoms with Crippen molar-refractivity contribution < 1.29 is 9.90 Å². The van der Waals surface area contributed by atoms with Crippen LogP contribution in [0.4, 0.5) is 5.95 Å². The standard InChI is InChI=1S/C23H24N8O2S/c1-14(16-6-10-31(3)29-16)26-22-25-9-5-17(28-22)20-27-19(13-34-20)18-12-15(4-8-24-18)23(33)7-11-30(2)21(23)32/h4-6,8-10,12-14,33H,7,11H2,1-3H3,(H,25,26,28)/t14-,23-/m0/s1. The van der Waals surface area contributed by atoms with E-state index in [1.807, 2.05) is 31.6 Å². The van der Waals surface area contributed by atoms with Crippen LogP contribution in [0.3, 0.4) is 0 Å². The van der Waals surface area contributed by atoms with Crippen molar-refractivity contribution >= 4 is 23.2 Å². The maximum Gasteiger partial charge on any atom is 0.258 e. The molecule has 34 heavy (non-hydrogen) atoms. The first kappa shape index (κ1) is 22.1. The van der Waals surface area contributed by atoms with Gasteiger partial charge in [-0.25, -0.2) is 15.0 Å². The van der Waals surface area contributed by atoms with E-state index in [1.165, 1.54) is 16.2 Å². The summed E-state index contributed by atoms with van der Waals surface area (Å²) in [5.74, 6) is 0.183. The number of aromatic nitrogens is 6. The minimum Gasteiger partial charge on any atom is -0.375 e. The van der Waals surface area contributed by atoms with E-state index < -0.39 is 5.60 Å². The lowest BCUT2D eigenvalue weighted by molar-refractivity contribution is -0.143. The number of pyridine rings is 1. The van der Waals surface area contributed by atoms with Crippen molar-refractivity contribution in [1.29, 1.82) is 0 Å². The second-order valence-electron chi connectivity index (χ2n) is 8.35. The molecular formula is C23H24N8O2S. The summed E-state index contributed by atoms with van der Waals surface area (Å²) in [4.78, 5) is 32.1. The molecule has 0 aliphatic carbocycles. The Bertz CT molecular complexity index is 1350. The molecule has 0 saturated carbocycles. The monoisotopic (exact) mass is 476 g/mol. The van der Waals surface area contributed by atoms with E-state index in [0.29, 0.717) is 46.6 Å². The highest BCUT2D eigenvalue weighted by molar-refractivity contribution is 7.13. The molecular weight excluding hydrogens is 452 g/mol. The van der Waals surface area contributed by atoms with E-state index >= 15 is 0 Å². The Hall–Kier alpha value is -3.70. The van der Waals surface area contributed by atoms with Gasteiger partial charge in [0.05, 0.1) is 17.4 Å². The second kappa shape index (κ2) is 8.58. The summed E-state index contributed by atoms with van der Waals surface area (Å²) in [5.41, 5.74) is 1.82. The Labute approximate surface area is 200 Å². The Morgan fingerprint density at radius 1 is 1.12 bits per heavy atom. The van der Waals surface area contributed by atoms with Gasteiger partial charge in [0, 0.05) is 51.0 Å². The summed E-state index contributed by atoms with van der Waals surface area (Å²) in [6.07, 6.45) is 5.53. The van der Waals surface area contributed by atoms with E-state index in [4.69, 9.17) is 4.98 Å². The van der Waals surface area contributed by atoms with E-state index in [-0.39, 0.29) is 11.9 Å². The Morgan fingerprint density at radius 3 is 2.68 bits per heavy atom. The summed E-state index contributed by atoms with van der Waals surface area (Å²) in [5, 5.41) is 21.3. The number of thiazole rings is 1. The number of amides is 1. The number of hydrogen-bond acceptors (Lipinski definition) is 9. The molecule has 4 aromatic heterocycles. The number of nitrogens with one attached hydrogen (secondary N) is 1. The largest absolute Gasteiger partial charge is 0.375 e. The summed E-state index contributed by atoms with van der Waals surface area (Å²) in [6.45, 7) is 2.51. The van der Waals surface area contributed by atoms with E-state index in [1.54, 1.807) is 42.3 Å². The number of aliphatic hydroxyl groups is 1. The number of rotatable bonds is 6. The molecule has 5 heterocycles. The molecule has 0 radical (unpaired) electrons. The van der Waals surface area contributed by atoms with E-state index in [0.717, 1.165) is 5.69 Å². The van der Waals surface area contributed by atoms with Crippen LogP contribution >= 0.6 is 11.3 Å². The van der Waals surface area contributed by atoms with Crippen LogP contribution < -0.4 is 5.32 Å². The molecule has 1 saturated heterocycles. The van der Waals surface area contributed by atoms with E-state index in [2.05, 4.69) is 25.4 Å². The highest BCUT2D eigenvalue weighted by Gasteiger charge is 2.45. The molecule has 2 N–H and O–H groups in total. The van der Waals surface area contributed by atoms with Gasteiger partial charge in [0.25, 0.3) is 5.91 Å². The molecule has 0 unspecified atom stereocenters. The van der Waals surface area contributed by atoms with Crippen molar-refractivity contribution in [2.24, 2.45) is 7.05 Å². The van der Waals surface area contributed by atoms with Crippen molar-refractivity contribution in [3.63, 3.8) is 0 Å². The van der Waals surface area contributed by atoms with Crippen molar-refractivity contribution in [3.05, 3.63) is 59.5 Å². The molecule has 174 valence electrons. The van der Waals surface area contributed by atoms with Gasteiger partial charge in [0.2, 0.25) is 5.95 Å². The summed E-state index contributed by atoms with van der Waals surface area (Å²) in [6, 6.07) is 7.11.